The Bertz CT molecular complexity index is 551. The number of hydrogen-bond donors (Lipinski definition) is 1. The summed E-state index contributed by atoms with van der Waals surface area (Å²) >= 11 is 8.01. The van der Waals surface area contributed by atoms with Crippen molar-refractivity contribution in [2.75, 3.05) is 6.54 Å². The van der Waals surface area contributed by atoms with Crippen LogP contribution < -0.4 is 5.32 Å². The molecule has 0 radical (unpaired) electrons. The smallest absolute Gasteiger partial charge is 0.0898 e. The van der Waals surface area contributed by atoms with E-state index >= 15 is 0 Å². The van der Waals surface area contributed by atoms with Crippen LogP contribution in [0.25, 0.3) is 0 Å². The third kappa shape index (κ3) is 3.78. The van der Waals surface area contributed by atoms with E-state index in [2.05, 4.69) is 41.7 Å². The van der Waals surface area contributed by atoms with Crippen molar-refractivity contribution in [3.05, 3.63) is 50.4 Å². The summed E-state index contributed by atoms with van der Waals surface area (Å²) in [6.07, 6.45) is 0.871. The van der Waals surface area contributed by atoms with Gasteiger partial charge in [0.1, 0.15) is 0 Å². The van der Waals surface area contributed by atoms with Gasteiger partial charge in [-0.1, -0.05) is 30.7 Å². The van der Waals surface area contributed by atoms with Gasteiger partial charge in [-0.05, 0) is 44.0 Å². The van der Waals surface area contributed by atoms with E-state index in [1.165, 1.54) is 11.1 Å². The van der Waals surface area contributed by atoms with E-state index in [1.807, 2.05) is 13.0 Å². The molecule has 0 spiro atoms. The molecule has 0 aliphatic carbocycles. The zero-order chi connectivity index (χ0) is 13.8. The van der Waals surface area contributed by atoms with Gasteiger partial charge in [0.2, 0.25) is 0 Å². The average Bonchev–Trinajstić information content (AvgIpc) is 2.78. The molecule has 1 heterocycles. The largest absolute Gasteiger partial charge is 0.309 e. The third-order valence-electron chi connectivity index (χ3n) is 3.08. The van der Waals surface area contributed by atoms with Crippen LogP contribution in [0.15, 0.2) is 23.6 Å². The number of aryl methyl sites for hydroxylation is 2. The summed E-state index contributed by atoms with van der Waals surface area (Å²) < 4.78 is 0. The van der Waals surface area contributed by atoms with E-state index in [0.29, 0.717) is 0 Å². The fraction of sp³-hybridized carbons (Fsp3) is 0.400. The minimum Gasteiger partial charge on any atom is -0.309 e. The van der Waals surface area contributed by atoms with Crippen molar-refractivity contribution >= 4 is 22.9 Å². The molecule has 1 aromatic carbocycles. The Morgan fingerprint density at radius 2 is 2.16 bits per heavy atom. The molecule has 2 nitrogen and oxygen atoms in total. The first-order valence-electron chi connectivity index (χ1n) is 6.50. The van der Waals surface area contributed by atoms with Crippen molar-refractivity contribution in [2.45, 2.75) is 33.2 Å². The van der Waals surface area contributed by atoms with E-state index in [0.717, 1.165) is 28.7 Å². The van der Waals surface area contributed by atoms with Crippen LogP contribution >= 0.6 is 22.9 Å². The van der Waals surface area contributed by atoms with Gasteiger partial charge >= 0.3 is 0 Å². The number of hydrogen-bond acceptors (Lipinski definition) is 3. The number of nitrogens with one attached hydrogen (secondary N) is 1. The topological polar surface area (TPSA) is 24.9 Å². The Hall–Kier alpha value is -0.900. The summed E-state index contributed by atoms with van der Waals surface area (Å²) in [5, 5.41) is 7.56. The molecule has 0 fully saturated rings. The van der Waals surface area contributed by atoms with Gasteiger partial charge in [-0.25, -0.2) is 4.98 Å². The van der Waals surface area contributed by atoms with Gasteiger partial charge in [-0.15, -0.1) is 11.3 Å². The van der Waals surface area contributed by atoms with E-state index in [-0.39, 0.29) is 6.04 Å². The van der Waals surface area contributed by atoms with Crippen LogP contribution in [0.4, 0.5) is 0 Å². The van der Waals surface area contributed by atoms with Crippen molar-refractivity contribution < 1.29 is 0 Å². The average molecular weight is 295 g/mol. The van der Waals surface area contributed by atoms with Gasteiger partial charge in [0.15, 0.2) is 0 Å². The summed E-state index contributed by atoms with van der Waals surface area (Å²) in [4.78, 5) is 4.59. The molecule has 1 unspecified atom stereocenters. The summed E-state index contributed by atoms with van der Waals surface area (Å²) in [5.41, 5.74) is 3.48. The number of nitrogens with zero attached hydrogens (tertiary/aromatic N) is 1. The van der Waals surface area contributed by atoms with Crippen molar-refractivity contribution in [3.63, 3.8) is 0 Å². The van der Waals surface area contributed by atoms with Gasteiger partial charge in [0.25, 0.3) is 0 Å². The Labute approximate surface area is 123 Å². The van der Waals surface area contributed by atoms with E-state index in [1.54, 1.807) is 11.3 Å². The molecule has 1 N–H and O–H groups in total. The Morgan fingerprint density at radius 1 is 1.37 bits per heavy atom. The lowest BCUT2D eigenvalue weighted by molar-refractivity contribution is 0.538. The predicted octanol–water partition coefficient (Wildman–Crippen LogP) is 4.31. The number of benzene rings is 1. The second-order valence-corrected chi connectivity index (χ2v) is 6.17. The standard InChI is InChI=1S/C15H19ClN2S/c1-4-17-14(15-9-19-11(3)18-15)8-12-6-5-10(2)7-13(12)16/h5-7,9,14,17H,4,8H2,1-3H3. The zero-order valence-electron chi connectivity index (χ0n) is 11.5. The lowest BCUT2D eigenvalue weighted by atomic mass is 10.0. The maximum absolute atomic E-state index is 6.32. The Balaban J connectivity index is 2.21. The number of aromatic nitrogens is 1. The molecule has 0 aliphatic heterocycles. The van der Waals surface area contributed by atoms with E-state index < -0.39 is 0 Å². The van der Waals surface area contributed by atoms with Crippen LogP contribution in [-0.4, -0.2) is 11.5 Å². The fourth-order valence-electron chi connectivity index (χ4n) is 2.11. The van der Waals surface area contributed by atoms with E-state index in [4.69, 9.17) is 11.6 Å². The SMILES string of the molecule is CCNC(Cc1ccc(C)cc1Cl)c1csc(C)n1. The number of rotatable bonds is 5. The quantitative estimate of drug-likeness (QED) is 0.889. The van der Waals surface area contributed by atoms with Crippen LogP contribution in [0.5, 0.6) is 0 Å². The maximum atomic E-state index is 6.32. The molecule has 1 aromatic heterocycles. The molecule has 2 aromatic rings. The van der Waals surface area contributed by atoms with Crippen molar-refractivity contribution in [1.82, 2.24) is 10.3 Å². The molecule has 2 rings (SSSR count). The van der Waals surface area contributed by atoms with Gasteiger partial charge < -0.3 is 5.32 Å². The highest BCUT2D eigenvalue weighted by Gasteiger charge is 2.15. The molecule has 0 saturated heterocycles. The van der Waals surface area contributed by atoms with E-state index in [9.17, 15) is 0 Å². The molecule has 0 amide bonds. The van der Waals surface area contributed by atoms with Crippen molar-refractivity contribution in [1.29, 1.82) is 0 Å². The number of halogens is 1. The van der Waals surface area contributed by atoms with Crippen LogP contribution in [0, 0.1) is 13.8 Å². The lowest BCUT2D eigenvalue weighted by Gasteiger charge is -2.17. The number of likely N-dealkylation sites (N-methyl/N-ethyl adjacent to an activating group) is 1. The molecule has 1 atom stereocenters. The molecule has 102 valence electrons. The Kier molecular flexibility index (Phi) is 4.97. The highest BCUT2D eigenvalue weighted by molar-refractivity contribution is 7.09. The van der Waals surface area contributed by atoms with Gasteiger partial charge in [-0.3, -0.25) is 0 Å². The van der Waals surface area contributed by atoms with Crippen molar-refractivity contribution in [3.8, 4) is 0 Å². The number of thiazole rings is 1. The Morgan fingerprint density at radius 3 is 2.74 bits per heavy atom. The highest BCUT2D eigenvalue weighted by Crippen LogP contribution is 2.25. The zero-order valence-corrected chi connectivity index (χ0v) is 13.1. The first-order valence-corrected chi connectivity index (χ1v) is 7.76. The first-order chi connectivity index (χ1) is 9.10. The molecule has 0 aliphatic rings. The molecule has 0 saturated carbocycles. The summed E-state index contributed by atoms with van der Waals surface area (Å²) in [5.74, 6) is 0. The summed E-state index contributed by atoms with van der Waals surface area (Å²) in [7, 11) is 0. The fourth-order valence-corrected chi connectivity index (χ4v) is 3.08. The van der Waals surface area contributed by atoms with Gasteiger partial charge in [-0.2, -0.15) is 0 Å². The highest BCUT2D eigenvalue weighted by atomic mass is 35.5. The second-order valence-electron chi connectivity index (χ2n) is 4.70. The normalized spacial score (nSPS) is 12.6. The molecule has 0 bridgehead atoms. The van der Waals surface area contributed by atoms with Crippen LogP contribution in [-0.2, 0) is 6.42 Å². The predicted molar refractivity (Wildman–Crippen MR) is 83.2 cm³/mol. The third-order valence-corrected chi connectivity index (χ3v) is 4.22. The molecular formula is C15H19ClN2S. The minimum absolute atomic E-state index is 0.232. The van der Waals surface area contributed by atoms with Gasteiger partial charge in [0, 0.05) is 10.4 Å². The minimum atomic E-state index is 0.232. The first kappa shape index (κ1) is 14.5. The van der Waals surface area contributed by atoms with Crippen LogP contribution in [0.2, 0.25) is 5.02 Å². The monoisotopic (exact) mass is 294 g/mol. The lowest BCUT2D eigenvalue weighted by Crippen LogP contribution is -2.23. The summed E-state index contributed by atoms with van der Waals surface area (Å²) in [6.45, 7) is 7.13. The van der Waals surface area contributed by atoms with Crippen LogP contribution in [0.1, 0.15) is 34.8 Å². The molecule has 19 heavy (non-hydrogen) atoms. The summed E-state index contributed by atoms with van der Waals surface area (Å²) in [6, 6.07) is 6.47. The van der Waals surface area contributed by atoms with Crippen LogP contribution in [0.3, 0.4) is 0 Å². The van der Waals surface area contributed by atoms with Gasteiger partial charge in [0.05, 0.1) is 16.7 Å². The second kappa shape index (κ2) is 6.51. The molecular weight excluding hydrogens is 276 g/mol. The molecule has 4 heteroatoms. The maximum Gasteiger partial charge on any atom is 0.0898 e. The van der Waals surface area contributed by atoms with Crippen molar-refractivity contribution in [2.24, 2.45) is 0 Å².